The summed E-state index contributed by atoms with van der Waals surface area (Å²) in [4.78, 5) is 21.3. The zero-order chi connectivity index (χ0) is 20.2. The number of urea groups is 1. The predicted octanol–water partition coefficient (Wildman–Crippen LogP) is 2.72. The number of aryl methyl sites for hydroxylation is 1. The van der Waals surface area contributed by atoms with Crippen LogP contribution in [-0.2, 0) is 17.8 Å². The Hall–Kier alpha value is -2.80. The quantitative estimate of drug-likeness (QED) is 0.864. The van der Waals surface area contributed by atoms with Crippen LogP contribution in [-0.4, -0.2) is 54.9 Å². The Labute approximate surface area is 171 Å². The van der Waals surface area contributed by atoms with Gasteiger partial charge in [0.25, 0.3) is 0 Å². The topological polar surface area (TPSA) is 66.9 Å². The number of nitrogens with one attached hydrogen (secondary N) is 1. The molecule has 0 aliphatic carbocycles. The summed E-state index contributed by atoms with van der Waals surface area (Å²) in [7, 11) is 0. The number of carbonyl (C=O) groups is 1. The molecule has 3 heterocycles. The molecular weight excluding hydrogens is 368 g/mol. The van der Waals surface area contributed by atoms with Crippen molar-refractivity contribution in [3.8, 4) is 5.75 Å². The van der Waals surface area contributed by atoms with Crippen LogP contribution in [0.25, 0.3) is 0 Å². The summed E-state index contributed by atoms with van der Waals surface area (Å²) >= 11 is 0. The summed E-state index contributed by atoms with van der Waals surface area (Å²) in [5, 5.41) is 3.01. The van der Waals surface area contributed by atoms with Crippen molar-refractivity contribution in [3.05, 3.63) is 53.2 Å². The molecule has 0 bridgehead atoms. The van der Waals surface area contributed by atoms with Gasteiger partial charge in [0.2, 0.25) is 0 Å². The van der Waals surface area contributed by atoms with Crippen molar-refractivity contribution in [3.63, 3.8) is 0 Å². The van der Waals surface area contributed by atoms with Crippen LogP contribution >= 0.6 is 0 Å². The Morgan fingerprint density at radius 2 is 2.14 bits per heavy atom. The average molecular weight is 396 g/mol. The summed E-state index contributed by atoms with van der Waals surface area (Å²) in [6.07, 6.45) is 2.05. The molecule has 7 heteroatoms. The number of aromatic nitrogens is 1. The van der Waals surface area contributed by atoms with Crippen LogP contribution in [0.1, 0.15) is 23.6 Å². The molecule has 29 heavy (non-hydrogen) atoms. The standard InChI is InChI=1S/C22H28N4O3/c1-16-3-5-20-19(11-16)15-26(8-10-29-20)22(27)24-13-18-4-6-21(23-12-18)25-7-9-28-17(2)14-25/h3-6,11-12,17H,7-10,13-15H2,1-2H3,(H,24,27). The third kappa shape index (κ3) is 4.79. The lowest BCUT2D eigenvalue weighted by Crippen LogP contribution is -2.41. The molecule has 1 atom stereocenters. The average Bonchev–Trinajstić information content (AvgIpc) is 2.94. The highest BCUT2D eigenvalue weighted by atomic mass is 16.5. The number of hydrogen-bond acceptors (Lipinski definition) is 5. The van der Waals surface area contributed by atoms with Gasteiger partial charge in [0.05, 0.1) is 25.8 Å². The van der Waals surface area contributed by atoms with Gasteiger partial charge < -0.3 is 24.6 Å². The number of hydrogen-bond donors (Lipinski definition) is 1. The summed E-state index contributed by atoms with van der Waals surface area (Å²) < 4.78 is 11.4. The number of benzene rings is 1. The summed E-state index contributed by atoms with van der Waals surface area (Å²) in [6.45, 7) is 8.60. The minimum atomic E-state index is -0.0889. The molecule has 1 N–H and O–H groups in total. The van der Waals surface area contributed by atoms with Crippen molar-refractivity contribution >= 4 is 11.8 Å². The first-order valence-electron chi connectivity index (χ1n) is 10.1. The van der Waals surface area contributed by atoms with Crippen LogP contribution < -0.4 is 15.0 Å². The van der Waals surface area contributed by atoms with Gasteiger partial charge in [-0.3, -0.25) is 0 Å². The van der Waals surface area contributed by atoms with Gasteiger partial charge in [0, 0.05) is 31.4 Å². The lowest BCUT2D eigenvalue weighted by Gasteiger charge is -2.32. The van der Waals surface area contributed by atoms with Crippen LogP contribution in [0.5, 0.6) is 5.75 Å². The predicted molar refractivity (Wildman–Crippen MR) is 111 cm³/mol. The number of rotatable bonds is 3. The van der Waals surface area contributed by atoms with Crippen molar-refractivity contribution in [1.82, 2.24) is 15.2 Å². The molecule has 1 fully saturated rings. The van der Waals surface area contributed by atoms with Gasteiger partial charge in [-0.1, -0.05) is 23.8 Å². The number of pyridine rings is 1. The van der Waals surface area contributed by atoms with Crippen LogP contribution in [0.15, 0.2) is 36.5 Å². The Morgan fingerprint density at radius 3 is 2.93 bits per heavy atom. The number of amides is 2. The first kappa shape index (κ1) is 19.5. The van der Waals surface area contributed by atoms with Gasteiger partial charge in [-0.25, -0.2) is 9.78 Å². The van der Waals surface area contributed by atoms with Crippen molar-refractivity contribution in [2.75, 3.05) is 37.7 Å². The maximum atomic E-state index is 12.7. The Kier molecular flexibility index (Phi) is 5.85. The molecule has 1 aromatic heterocycles. The van der Waals surface area contributed by atoms with Crippen LogP contribution in [0, 0.1) is 6.92 Å². The largest absolute Gasteiger partial charge is 0.491 e. The Balaban J connectivity index is 1.33. The van der Waals surface area contributed by atoms with Crippen LogP contribution in [0.4, 0.5) is 10.6 Å². The maximum Gasteiger partial charge on any atom is 0.318 e. The third-order valence-electron chi connectivity index (χ3n) is 5.30. The maximum absolute atomic E-state index is 12.7. The van der Waals surface area contributed by atoms with E-state index in [2.05, 4.69) is 28.2 Å². The molecule has 4 rings (SSSR count). The SMILES string of the molecule is Cc1ccc2c(c1)CN(C(=O)NCc1ccc(N3CCOC(C)C3)nc1)CCO2. The highest BCUT2D eigenvalue weighted by Crippen LogP contribution is 2.24. The van der Waals surface area contributed by atoms with Gasteiger partial charge in [0.1, 0.15) is 18.2 Å². The number of carbonyl (C=O) groups excluding carboxylic acids is 1. The molecule has 1 aromatic carbocycles. The first-order valence-corrected chi connectivity index (χ1v) is 10.1. The summed E-state index contributed by atoms with van der Waals surface area (Å²) in [6, 6.07) is 10.0. The zero-order valence-corrected chi connectivity index (χ0v) is 17.1. The Bertz CT molecular complexity index is 856. The molecule has 2 aromatic rings. The second kappa shape index (κ2) is 8.69. The van der Waals surface area contributed by atoms with E-state index in [1.165, 1.54) is 0 Å². The van der Waals surface area contributed by atoms with Crippen molar-refractivity contribution in [1.29, 1.82) is 0 Å². The smallest absolute Gasteiger partial charge is 0.318 e. The molecule has 2 amide bonds. The van der Waals surface area contributed by atoms with Crippen molar-refractivity contribution < 1.29 is 14.3 Å². The second-order valence-corrected chi connectivity index (χ2v) is 7.69. The Morgan fingerprint density at radius 1 is 1.24 bits per heavy atom. The number of fused-ring (bicyclic) bond motifs is 1. The molecule has 154 valence electrons. The van der Waals surface area contributed by atoms with E-state index in [1.54, 1.807) is 4.90 Å². The van der Waals surface area contributed by atoms with Gasteiger partial charge in [0.15, 0.2) is 0 Å². The van der Waals surface area contributed by atoms with E-state index in [0.29, 0.717) is 26.2 Å². The fourth-order valence-corrected chi connectivity index (χ4v) is 3.72. The van der Waals surface area contributed by atoms with Crippen LogP contribution in [0.3, 0.4) is 0 Å². The molecular formula is C22H28N4O3. The van der Waals surface area contributed by atoms with E-state index >= 15 is 0 Å². The van der Waals surface area contributed by atoms with E-state index in [4.69, 9.17) is 9.47 Å². The van der Waals surface area contributed by atoms with Gasteiger partial charge >= 0.3 is 6.03 Å². The summed E-state index contributed by atoms with van der Waals surface area (Å²) in [5.74, 6) is 1.81. The van der Waals surface area contributed by atoms with Crippen molar-refractivity contribution in [2.45, 2.75) is 33.0 Å². The zero-order valence-electron chi connectivity index (χ0n) is 17.1. The van der Waals surface area contributed by atoms with Crippen LogP contribution in [0.2, 0.25) is 0 Å². The summed E-state index contributed by atoms with van der Waals surface area (Å²) in [5.41, 5.74) is 3.18. The monoisotopic (exact) mass is 396 g/mol. The number of morpholine rings is 1. The fraction of sp³-hybridized carbons (Fsp3) is 0.455. The van der Waals surface area contributed by atoms with Crippen molar-refractivity contribution in [2.24, 2.45) is 0 Å². The van der Waals surface area contributed by atoms with Gasteiger partial charge in [-0.15, -0.1) is 0 Å². The molecule has 2 aliphatic heterocycles. The molecule has 0 radical (unpaired) electrons. The van der Waals surface area contributed by atoms with E-state index in [1.807, 2.05) is 37.4 Å². The molecule has 1 saturated heterocycles. The molecule has 0 spiro atoms. The second-order valence-electron chi connectivity index (χ2n) is 7.69. The van der Waals surface area contributed by atoms with E-state index in [-0.39, 0.29) is 12.1 Å². The lowest BCUT2D eigenvalue weighted by atomic mass is 10.1. The number of ether oxygens (including phenoxy) is 2. The van der Waals surface area contributed by atoms with E-state index in [0.717, 1.165) is 48.0 Å². The minimum absolute atomic E-state index is 0.0889. The lowest BCUT2D eigenvalue weighted by molar-refractivity contribution is 0.0529. The fourth-order valence-electron chi connectivity index (χ4n) is 3.72. The minimum Gasteiger partial charge on any atom is -0.491 e. The normalized spacial score (nSPS) is 19.2. The van der Waals surface area contributed by atoms with Gasteiger partial charge in [-0.05, 0) is 31.5 Å². The van der Waals surface area contributed by atoms with Gasteiger partial charge in [-0.2, -0.15) is 0 Å². The van der Waals surface area contributed by atoms with E-state index < -0.39 is 0 Å². The molecule has 1 unspecified atom stereocenters. The highest BCUT2D eigenvalue weighted by molar-refractivity contribution is 5.74. The number of nitrogens with zero attached hydrogens (tertiary/aromatic N) is 3. The third-order valence-corrected chi connectivity index (χ3v) is 5.30. The first-order chi connectivity index (χ1) is 14.1. The molecule has 0 saturated carbocycles. The molecule has 7 nitrogen and oxygen atoms in total. The van der Waals surface area contributed by atoms with E-state index in [9.17, 15) is 4.79 Å². The number of anilines is 1. The highest BCUT2D eigenvalue weighted by Gasteiger charge is 2.20. The molecule has 2 aliphatic rings.